The first-order valence-electron chi connectivity index (χ1n) is 12.8. The van der Waals surface area contributed by atoms with E-state index in [2.05, 4.69) is 5.32 Å². The van der Waals surface area contributed by atoms with Crippen LogP contribution in [0.5, 0.6) is 5.75 Å². The van der Waals surface area contributed by atoms with Crippen LogP contribution >= 0.6 is 0 Å². The fourth-order valence-electron chi connectivity index (χ4n) is 5.07. The van der Waals surface area contributed by atoms with Crippen LogP contribution in [0.25, 0.3) is 22.1 Å². The van der Waals surface area contributed by atoms with Gasteiger partial charge in [-0.3, -0.25) is 9.69 Å². The first-order valence-corrected chi connectivity index (χ1v) is 12.8. The van der Waals surface area contributed by atoms with Crippen molar-refractivity contribution in [2.24, 2.45) is 5.92 Å². The number of rotatable bonds is 10. The Morgan fingerprint density at radius 3 is 2.58 bits per heavy atom. The largest absolute Gasteiger partial charge is 0.489 e. The predicted molar refractivity (Wildman–Crippen MR) is 141 cm³/mol. The van der Waals surface area contributed by atoms with E-state index in [1.54, 1.807) is 24.3 Å². The van der Waals surface area contributed by atoms with E-state index >= 15 is 0 Å². The molecule has 198 valence electrons. The minimum atomic E-state index is -0.924. The number of fused-ring (bicyclic) bond motifs is 1. The molecule has 2 N–H and O–H groups in total. The summed E-state index contributed by atoms with van der Waals surface area (Å²) in [6.45, 7) is 3.64. The van der Waals surface area contributed by atoms with Crippen LogP contribution in [0.15, 0.2) is 71.3 Å². The molecular formula is C30H30F2N2O4. The standard InChI is InChI=1S/C30H30F2N2O4/c31-27-15-26(30-25(29(27)32)10-13-37-30)23-4-6-24(7-5-23)38-19-22-3-1-2-21(14-22)17-34(18-28(35)36)16-20-8-11-33-12-9-20/h1-7,10,13-15,20,33H,8-9,11-12,16-19H2,(H,35,36). The summed E-state index contributed by atoms with van der Waals surface area (Å²) >= 11 is 0. The molecule has 6 nitrogen and oxygen atoms in total. The van der Waals surface area contributed by atoms with E-state index in [9.17, 15) is 18.7 Å². The van der Waals surface area contributed by atoms with Crippen molar-refractivity contribution in [2.45, 2.75) is 26.0 Å². The number of benzene rings is 3. The summed E-state index contributed by atoms with van der Waals surface area (Å²) in [5.74, 6) is -1.53. The summed E-state index contributed by atoms with van der Waals surface area (Å²) in [5, 5.41) is 12.9. The number of hydrogen-bond donors (Lipinski definition) is 2. The van der Waals surface area contributed by atoms with Gasteiger partial charge in [0.15, 0.2) is 11.6 Å². The number of aliphatic carboxylic acids is 1. The van der Waals surface area contributed by atoms with Crippen molar-refractivity contribution in [1.82, 2.24) is 10.2 Å². The number of nitrogens with zero attached hydrogens (tertiary/aromatic N) is 1. The predicted octanol–water partition coefficient (Wildman–Crippen LogP) is 5.84. The Bertz CT molecular complexity index is 1400. The highest BCUT2D eigenvalue weighted by Gasteiger charge is 2.19. The molecule has 1 fully saturated rings. The third kappa shape index (κ3) is 6.20. The Balaban J connectivity index is 1.23. The van der Waals surface area contributed by atoms with Crippen molar-refractivity contribution in [3.63, 3.8) is 0 Å². The molecule has 0 unspecified atom stereocenters. The number of hydrogen-bond acceptors (Lipinski definition) is 5. The van der Waals surface area contributed by atoms with E-state index < -0.39 is 17.6 Å². The zero-order valence-corrected chi connectivity index (χ0v) is 21.0. The lowest BCUT2D eigenvalue weighted by molar-refractivity contribution is -0.138. The van der Waals surface area contributed by atoms with Gasteiger partial charge >= 0.3 is 5.97 Å². The van der Waals surface area contributed by atoms with Crippen molar-refractivity contribution < 1.29 is 27.8 Å². The monoisotopic (exact) mass is 520 g/mol. The fraction of sp³-hybridized carbons (Fsp3) is 0.300. The van der Waals surface area contributed by atoms with Gasteiger partial charge in [-0.2, -0.15) is 0 Å². The zero-order chi connectivity index (χ0) is 26.5. The molecule has 0 radical (unpaired) electrons. The first kappa shape index (κ1) is 25.9. The molecule has 1 aromatic heterocycles. The van der Waals surface area contributed by atoms with Crippen LogP contribution in [0, 0.1) is 17.6 Å². The first-order chi connectivity index (χ1) is 18.5. The van der Waals surface area contributed by atoms with Gasteiger partial charge in [-0.15, -0.1) is 0 Å². The van der Waals surface area contributed by atoms with Crippen LogP contribution in [0.4, 0.5) is 8.78 Å². The van der Waals surface area contributed by atoms with Gasteiger partial charge in [0.1, 0.15) is 17.9 Å². The topological polar surface area (TPSA) is 74.9 Å². The van der Waals surface area contributed by atoms with E-state index in [-0.39, 0.29) is 11.9 Å². The third-order valence-corrected chi connectivity index (χ3v) is 6.93. The molecule has 1 aliphatic heterocycles. The van der Waals surface area contributed by atoms with E-state index in [0.717, 1.165) is 49.7 Å². The highest BCUT2D eigenvalue weighted by molar-refractivity contribution is 5.93. The molecule has 0 amide bonds. The van der Waals surface area contributed by atoms with Gasteiger partial charge in [0.05, 0.1) is 18.2 Å². The van der Waals surface area contributed by atoms with Crippen molar-refractivity contribution in [3.8, 4) is 16.9 Å². The molecular weight excluding hydrogens is 490 g/mol. The second-order valence-electron chi connectivity index (χ2n) is 9.77. The molecule has 38 heavy (non-hydrogen) atoms. The Morgan fingerprint density at radius 1 is 1.05 bits per heavy atom. The normalized spacial score (nSPS) is 14.3. The lowest BCUT2D eigenvalue weighted by Crippen LogP contribution is -2.38. The molecule has 1 aliphatic rings. The summed E-state index contributed by atoms with van der Waals surface area (Å²) in [7, 11) is 0. The van der Waals surface area contributed by atoms with Crippen molar-refractivity contribution in [3.05, 3.63) is 89.7 Å². The van der Waals surface area contributed by atoms with Crippen molar-refractivity contribution >= 4 is 16.9 Å². The summed E-state index contributed by atoms with van der Waals surface area (Å²) in [5.41, 5.74) is 3.47. The van der Waals surface area contributed by atoms with Gasteiger partial charge < -0.3 is 19.6 Å². The second kappa shape index (κ2) is 11.8. The van der Waals surface area contributed by atoms with Gasteiger partial charge in [-0.05, 0) is 72.8 Å². The molecule has 5 rings (SSSR count). The molecule has 1 saturated heterocycles. The molecule has 8 heteroatoms. The summed E-state index contributed by atoms with van der Waals surface area (Å²) < 4.78 is 39.5. The Labute approximate surface area is 219 Å². The van der Waals surface area contributed by atoms with E-state index in [4.69, 9.17) is 9.15 Å². The minimum Gasteiger partial charge on any atom is -0.489 e. The van der Waals surface area contributed by atoms with E-state index in [0.29, 0.717) is 41.5 Å². The smallest absolute Gasteiger partial charge is 0.317 e. The van der Waals surface area contributed by atoms with Crippen LogP contribution in [0.2, 0.25) is 0 Å². The summed E-state index contributed by atoms with van der Waals surface area (Å²) in [6, 6.07) is 17.7. The van der Waals surface area contributed by atoms with Crippen molar-refractivity contribution in [2.75, 3.05) is 26.2 Å². The molecule has 0 aliphatic carbocycles. The maximum absolute atomic E-state index is 14.1. The highest BCUT2D eigenvalue weighted by Crippen LogP contribution is 2.33. The summed E-state index contributed by atoms with van der Waals surface area (Å²) in [6.07, 6.45) is 3.47. The average molecular weight is 521 g/mol. The quantitative estimate of drug-likeness (QED) is 0.274. The number of nitrogens with one attached hydrogen (secondary N) is 1. The van der Waals surface area contributed by atoms with Gasteiger partial charge in [-0.1, -0.05) is 36.4 Å². The molecule has 4 aromatic rings. The highest BCUT2D eigenvalue weighted by atomic mass is 19.2. The number of halogens is 2. The van der Waals surface area contributed by atoms with Crippen LogP contribution in [-0.2, 0) is 17.9 Å². The van der Waals surface area contributed by atoms with Gasteiger partial charge in [-0.25, -0.2) is 8.78 Å². The van der Waals surface area contributed by atoms with Gasteiger partial charge in [0.25, 0.3) is 0 Å². The Morgan fingerprint density at radius 2 is 1.82 bits per heavy atom. The molecule has 0 atom stereocenters. The van der Waals surface area contributed by atoms with Crippen LogP contribution in [0.1, 0.15) is 24.0 Å². The molecule has 3 aromatic carbocycles. The Kier molecular flexibility index (Phi) is 8.00. The SMILES string of the molecule is O=C(O)CN(Cc1cccc(COc2ccc(-c3cc(F)c(F)c4ccoc34)cc2)c1)CC1CCNCC1. The van der Waals surface area contributed by atoms with Crippen LogP contribution in [-0.4, -0.2) is 42.2 Å². The molecule has 0 spiro atoms. The van der Waals surface area contributed by atoms with Crippen molar-refractivity contribution in [1.29, 1.82) is 0 Å². The number of piperidine rings is 1. The van der Waals surface area contributed by atoms with Gasteiger partial charge in [0, 0.05) is 18.7 Å². The zero-order valence-electron chi connectivity index (χ0n) is 21.0. The minimum absolute atomic E-state index is 0.0132. The van der Waals surface area contributed by atoms with Crippen LogP contribution < -0.4 is 10.1 Å². The summed E-state index contributed by atoms with van der Waals surface area (Å²) in [4.78, 5) is 13.5. The molecule has 0 saturated carbocycles. The second-order valence-corrected chi connectivity index (χ2v) is 9.77. The lowest BCUT2D eigenvalue weighted by atomic mass is 9.97. The number of furan rings is 1. The maximum atomic E-state index is 14.1. The number of carboxylic acid groups (broad SMARTS) is 1. The lowest BCUT2D eigenvalue weighted by Gasteiger charge is -2.29. The fourth-order valence-corrected chi connectivity index (χ4v) is 5.07. The number of carboxylic acids is 1. The number of ether oxygens (including phenoxy) is 1. The maximum Gasteiger partial charge on any atom is 0.317 e. The molecule has 0 bridgehead atoms. The number of carbonyl (C=O) groups is 1. The van der Waals surface area contributed by atoms with E-state index in [1.807, 2.05) is 29.2 Å². The van der Waals surface area contributed by atoms with Crippen LogP contribution in [0.3, 0.4) is 0 Å². The van der Waals surface area contributed by atoms with E-state index in [1.165, 1.54) is 12.3 Å². The van der Waals surface area contributed by atoms with Gasteiger partial charge in [0.2, 0.25) is 0 Å². The third-order valence-electron chi connectivity index (χ3n) is 6.93. The Hall–Kier alpha value is -3.75. The molecule has 2 heterocycles. The average Bonchev–Trinajstić information content (AvgIpc) is 3.41.